The Labute approximate surface area is 175 Å². The molecule has 0 aromatic heterocycles. The van der Waals surface area contributed by atoms with Crippen molar-refractivity contribution in [2.24, 2.45) is 5.92 Å². The largest absolute Gasteiger partial charge is 0.338 e. The van der Waals surface area contributed by atoms with Gasteiger partial charge in [-0.05, 0) is 63.1 Å². The number of amides is 3. The van der Waals surface area contributed by atoms with Gasteiger partial charge in [0.25, 0.3) is 11.8 Å². The summed E-state index contributed by atoms with van der Waals surface area (Å²) in [6.07, 6.45) is 1.40. The fourth-order valence-corrected chi connectivity index (χ4v) is 3.68. The second-order valence-corrected chi connectivity index (χ2v) is 7.85. The molecule has 1 fully saturated rings. The number of carbonyl (C=O) groups excluding carboxylic acids is 3. The van der Waals surface area contributed by atoms with Crippen molar-refractivity contribution < 1.29 is 14.4 Å². The first-order chi connectivity index (χ1) is 13.8. The number of benzene rings is 2. The van der Waals surface area contributed by atoms with Gasteiger partial charge in [0, 0.05) is 29.2 Å². The van der Waals surface area contributed by atoms with E-state index in [0.717, 1.165) is 17.5 Å². The molecule has 1 saturated heterocycles. The Kier molecular flexibility index (Phi) is 6.54. The molecule has 0 spiro atoms. The number of carbonyl (C=O) groups is 3. The molecule has 1 aliphatic heterocycles. The molecular formula is C22H24ClN3O3. The fourth-order valence-electron chi connectivity index (χ4n) is 3.55. The highest BCUT2D eigenvalue weighted by atomic mass is 35.5. The molecule has 1 aliphatic rings. The van der Waals surface area contributed by atoms with E-state index in [1.54, 1.807) is 29.2 Å². The molecule has 1 atom stereocenters. The minimum Gasteiger partial charge on any atom is -0.338 e. The minimum atomic E-state index is -0.422. The van der Waals surface area contributed by atoms with Crippen molar-refractivity contribution in [2.45, 2.75) is 26.7 Å². The minimum absolute atomic E-state index is 0.0699. The Bertz CT molecular complexity index is 907. The van der Waals surface area contributed by atoms with Gasteiger partial charge in [-0.15, -0.1) is 0 Å². The van der Waals surface area contributed by atoms with Gasteiger partial charge in [-0.25, -0.2) is 0 Å². The van der Waals surface area contributed by atoms with Gasteiger partial charge >= 0.3 is 0 Å². The van der Waals surface area contributed by atoms with Gasteiger partial charge in [0.2, 0.25) is 5.91 Å². The summed E-state index contributed by atoms with van der Waals surface area (Å²) in [5.41, 5.74) is 7.99. The Morgan fingerprint density at radius 1 is 0.966 bits per heavy atom. The predicted molar refractivity (Wildman–Crippen MR) is 112 cm³/mol. The predicted octanol–water partition coefficient (Wildman–Crippen LogP) is 3.27. The Morgan fingerprint density at radius 3 is 2.28 bits per heavy atom. The second kappa shape index (κ2) is 9.09. The number of rotatable bonds is 3. The molecule has 2 N–H and O–H groups in total. The van der Waals surface area contributed by atoms with Gasteiger partial charge in [-0.2, -0.15) is 0 Å². The molecule has 3 amide bonds. The van der Waals surface area contributed by atoms with Crippen LogP contribution in [0.3, 0.4) is 0 Å². The summed E-state index contributed by atoms with van der Waals surface area (Å²) in [5, 5.41) is 0.529. The van der Waals surface area contributed by atoms with E-state index in [1.165, 1.54) is 0 Å². The van der Waals surface area contributed by atoms with E-state index in [1.807, 2.05) is 32.0 Å². The highest BCUT2D eigenvalue weighted by molar-refractivity contribution is 6.30. The Morgan fingerprint density at radius 2 is 1.62 bits per heavy atom. The fraction of sp³-hybridized carbons (Fsp3) is 0.318. The van der Waals surface area contributed by atoms with Crippen LogP contribution in [0.5, 0.6) is 0 Å². The summed E-state index contributed by atoms with van der Waals surface area (Å²) < 4.78 is 0. The van der Waals surface area contributed by atoms with Crippen molar-refractivity contribution in [3.8, 4) is 0 Å². The van der Waals surface area contributed by atoms with Crippen LogP contribution in [0.4, 0.5) is 0 Å². The zero-order valence-corrected chi connectivity index (χ0v) is 17.3. The lowest BCUT2D eigenvalue weighted by atomic mass is 9.96. The van der Waals surface area contributed by atoms with E-state index in [9.17, 15) is 14.4 Å². The quantitative estimate of drug-likeness (QED) is 0.758. The van der Waals surface area contributed by atoms with E-state index in [2.05, 4.69) is 10.9 Å². The van der Waals surface area contributed by atoms with Crippen LogP contribution in [-0.2, 0) is 4.79 Å². The zero-order chi connectivity index (χ0) is 21.0. The van der Waals surface area contributed by atoms with Crippen LogP contribution in [0.25, 0.3) is 0 Å². The second-order valence-electron chi connectivity index (χ2n) is 7.42. The van der Waals surface area contributed by atoms with Gasteiger partial charge < -0.3 is 4.90 Å². The summed E-state index contributed by atoms with van der Waals surface area (Å²) in [4.78, 5) is 39.2. The third kappa shape index (κ3) is 5.35. The van der Waals surface area contributed by atoms with Gasteiger partial charge in [0.05, 0.1) is 5.92 Å². The van der Waals surface area contributed by atoms with Crippen molar-refractivity contribution in [1.29, 1.82) is 0 Å². The van der Waals surface area contributed by atoms with Crippen LogP contribution >= 0.6 is 11.6 Å². The lowest BCUT2D eigenvalue weighted by Gasteiger charge is -2.32. The highest BCUT2D eigenvalue weighted by Crippen LogP contribution is 2.20. The van der Waals surface area contributed by atoms with Crippen molar-refractivity contribution in [3.63, 3.8) is 0 Å². The van der Waals surface area contributed by atoms with Crippen LogP contribution in [0.1, 0.15) is 44.7 Å². The van der Waals surface area contributed by atoms with Crippen LogP contribution in [0, 0.1) is 19.8 Å². The van der Waals surface area contributed by atoms with E-state index in [-0.39, 0.29) is 17.7 Å². The van der Waals surface area contributed by atoms with Gasteiger partial charge in [0.1, 0.15) is 0 Å². The number of nitrogens with one attached hydrogen (secondary N) is 2. The zero-order valence-electron chi connectivity index (χ0n) is 16.5. The number of likely N-dealkylation sites (tertiary alicyclic amines) is 1. The molecule has 7 heteroatoms. The number of aryl methyl sites for hydroxylation is 2. The smallest absolute Gasteiger partial charge is 0.269 e. The van der Waals surface area contributed by atoms with Crippen molar-refractivity contribution in [1.82, 2.24) is 15.8 Å². The molecule has 6 nitrogen and oxygen atoms in total. The van der Waals surface area contributed by atoms with E-state index >= 15 is 0 Å². The first-order valence-corrected chi connectivity index (χ1v) is 9.94. The molecule has 2 aromatic carbocycles. The van der Waals surface area contributed by atoms with Crippen LogP contribution < -0.4 is 10.9 Å². The average molecular weight is 414 g/mol. The molecule has 0 bridgehead atoms. The Hall–Kier alpha value is -2.86. The third-order valence-corrected chi connectivity index (χ3v) is 5.21. The third-order valence-electron chi connectivity index (χ3n) is 4.95. The van der Waals surface area contributed by atoms with Crippen LogP contribution in [0.2, 0.25) is 5.02 Å². The van der Waals surface area contributed by atoms with E-state index < -0.39 is 5.91 Å². The molecule has 29 heavy (non-hydrogen) atoms. The topological polar surface area (TPSA) is 78.5 Å². The lowest BCUT2D eigenvalue weighted by Crippen LogP contribution is -2.50. The SMILES string of the molecule is Cc1cc(C)cc(C(=O)N2CCC[C@@H](C(=O)NNC(=O)c3ccc(Cl)cc3)C2)c1. The van der Waals surface area contributed by atoms with Crippen molar-refractivity contribution in [2.75, 3.05) is 13.1 Å². The first-order valence-electron chi connectivity index (χ1n) is 9.57. The monoisotopic (exact) mass is 413 g/mol. The maximum Gasteiger partial charge on any atom is 0.269 e. The first kappa shape index (κ1) is 20.9. The van der Waals surface area contributed by atoms with E-state index in [4.69, 9.17) is 11.6 Å². The Balaban J connectivity index is 1.58. The molecule has 152 valence electrons. The summed E-state index contributed by atoms with van der Waals surface area (Å²) >= 11 is 5.81. The van der Waals surface area contributed by atoms with Gasteiger partial charge in [0.15, 0.2) is 0 Å². The maximum absolute atomic E-state index is 12.9. The maximum atomic E-state index is 12.9. The van der Waals surface area contributed by atoms with Crippen LogP contribution in [-0.4, -0.2) is 35.7 Å². The number of hydrogen-bond donors (Lipinski definition) is 2. The molecule has 0 saturated carbocycles. The average Bonchev–Trinajstić information content (AvgIpc) is 2.71. The van der Waals surface area contributed by atoms with Crippen molar-refractivity contribution >= 4 is 29.3 Å². The highest BCUT2D eigenvalue weighted by Gasteiger charge is 2.29. The molecular weight excluding hydrogens is 390 g/mol. The lowest BCUT2D eigenvalue weighted by molar-refractivity contribution is -0.127. The van der Waals surface area contributed by atoms with Gasteiger partial charge in [-0.3, -0.25) is 25.2 Å². The summed E-state index contributed by atoms with van der Waals surface area (Å²) in [6.45, 7) is 4.86. The number of halogens is 1. The van der Waals surface area contributed by atoms with Gasteiger partial charge in [-0.1, -0.05) is 28.8 Å². The number of piperidine rings is 1. The standard InChI is InChI=1S/C22H24ClN3O3/c1-14-10-15(2)12-18(11-14)22(29)26-9-3-4-17(13-26)21(28)25-24-20(27)16-5-7-19(23)8-6-16/h5-8,10-12,17H,3-4,9,13H2,1-2H3,(H,24,27)(H,25,28)/t17-/m1/s1. The van der Waals surface area contributed by atoms with Crippen molar-refractivity contribution in [3.05, 3.63) is 69.7 Å². The summed E-state index contributed by atoms with van der Waals surface area (Å²) in [6, 6.07) is 12.1. The molecule has 3 rings (SSSR count). The van der Waals surface area contributed by atoms with Crippen LogP contribution in [0.15, 0.2) is 42.5 Å². The number of hydrogen-bond acceptors (Lipinski definition) is 3. The summed E-state index contributed by atoms with van der Waals surface area (Å²) in [7, 11) is 0. The molecule has 0 unspecified atom stereocenters. The number of hydrazine groups is 1. The normalized spacial score (nSPS) is 16.2. The molecule has 1 heterocycles. The van der Waals surface area contributed by atoms with E-state index in [0.29, 0.717) is 35.7 Å². The number of nitrogens with zero attached hydrogens (tertiary/aromatic N) is 1. The molecule has 0 radical (unpaired) electrons. The molecule has 0 aliphatic carbocycles. The summed E-state index contributed by atoms with van der Waals surface area (Å²) in [5.74, 6) is -1.16. The molecule has 2 aromatic rings.